The molecule has 4 heteroatoms. The van der Waals surface area contributed by atoms with Crippen molar-refractivity contribution in [1.82, 2.24) is 5.43 Å². The summed E-state index contributed by atoms with van der Waals surface area (Å²) in [5.41, 5.74) is 6.60. The highest BCUT2D eigenvalue weighted by atomic mass is 16.3. The van der Waals surface area contributed by atoms with E-state index in [0.29, 0.717) is 5.56 Å². The van der Waals surface area contributed by atoms with Crippen molar-refractivity contribution in [3.8, 4) is 5.75 Å². The standard InChI is InChI=1S/C17H16N2O2/c20-16-6-2-5-15(10-16)17(21)19-18-11-12-7-8-13-3-1-4-14(13)9-12/h2,5-11,20H,1,3-4H2,(H,19,21). The van der Waals surface area contributed by atoms with E-state index in [1.54, 1.807) is 18.3 Å². The lowest BCUT2D eigenvalue weighted by atomic mass is 10.1. The van der Waals surface area contributed by atoms with E-state index in [1.165, 1.54) is 29.7 Å². The molecule has 2 N–H and O–H groups in total. The highest BCUT2D eigenvalue weighted by molar-refractivity contribution is 5.95. The molecule has 0 aliphatic heterocycles. The predicted molar refractivity (Wildman–Crippen MR) is 81.6 cm³/mol. The Bertz CT molecular complexity index is 708. The summed E-state index contributed by atoms with van der Waals surface area (Å²) in [5, 5.41) is 13.3. The highest BCUT2D eigenvalue weighted by Crippen LogP contribution is 2.22. The fourth-order valence-corrected chi connectivity index (χ4v) is 2.55. The molecule has 0 spiro atoms. The Kier molecular flexibility index (Phi) is 3.69. The van der Waals surface area contributed by atoms with Gasteiger partial charge in [0.15, 0.2) is 0 Å². The van der Waals surface area contributed by atoms with E-state index in [2.05, 4.69) is 22.7 Å². The zero-order chi connectivity index (χ0) is 14.7. The van der Waals surface area contributed by atoms with Gasteiger partial charge >= 0.3 is 0 Å². The minimum atomic E-state index is -0.344. The number of hydrogen-bond donors (Lipinski definition) is 2. The van der Waals surface area contributed by atoms with Gasteiger partial charge in [0.05, 0.1) is 6.21 Å². The maximum atomic E-state index is 11.8. The van der Waals surface area contributed by atoms with Crippen LogP contribution in [0.3, 0.4) is 0 Å². The van der Waals surface area contributed by atoms with Crippen LogP contribution in [0.25, 0.3) is 0 Å². The lowest BCUT2D eigenvalue weighted by molar-refractivity contribution is 0.0954. The summed E-state index contributed by atoms with van der Waals surface area (Å²) in [6.45, 7) is 0. The number of phenolic OH excluding ortho intramolecular Hbond substituents is 1. The van der Waals surface area contributed by atoms with E-state index in [1.807, 2.05) is 6.07 Å². The Hall–Kier alpha value is -2.62. The largest absolute Gasteiger partial charge is 0.508 e. The fraction of sp³-hybridized carbons (Fsp3) is 0.176. The number of rotatable bonds is 3. The minimum Gasteiger partial charge on any atom is -0.508 e. The average molecular weight is 280 g/mol. The molecule has 0 radical (unpaired) electrons. The molecule has 4 nitrogen and oxygen atoms in total. The van der Waals surface area contributed by atoms with Crippen LogP contribution in [0.1, 0.15) is 33.5 Å². The number of aryl methyl sites for hydroxylation is 2. The summed E-state index contributed by atoms with van der Waals surface area (Å²) in [5.74, 6) is -0.284. The monoisotopic (exact) mass is 280 g/mol. The molecule has 2 aromatic rings. The van der Waals surface area contributed by atoms with Gasteiger partial charge < -0.3 is 5.11 Å². The van der Waals surface area contributed by atoms with Crippen molar-refractivity contribution < 1.29 is 9.90 Å². The number of aromatic hydroxyl groups is 1. The van der Waals surface area contributed by atoms with Gasteiger partial charge in [0, 0.05) is 5.56 Å². The first-order valence-electron chi connectivity index (χ1n) is 6.96. The summed E-state index contributed by atoms with van der Waals surface area (Å²) < 4.78 is 0. The van der Waals surface area contributed by atoms with E-state index in [-0.39, 0.29) is 11.7 Å². The Balaban J connectivity index is 1.65. The third kappa shape index (κ3) is 3.11. The van der Waals surface area contributed by atoms with Gasteiger partial charge in [0.2, 0.25) is 0 Å². The molecule has 0 atom stereocenters. The van der Waals surface area contributed by atoms with Gasteiger partial charge in [-0.3, -0.25) is 4.79 Å². The van der Waals surface area contributed by atoms with Crippen molar-refractivity contribution in [2.24, 2.45) is 5.10 Å². The van der Waals surface area contributed by atoms with Crippen LogP contribution in [-0.4, -0.2) is 17.2 Å². The topological polar surface area (TPSA) is 61.7 Å². The Labute approximate surface area is 123 Å². The van der Waals surface area contributed by atoms with Crippen molar-refractivity contribution in [1.29, 1.82) is 0 Å². The van der Waals surface area contributed by atoms with Gasteiger partial charge in [0.1, 0.15) is 5.75 Å². The predicted octanol–water partition coefficient (Wildman–Crippen LogP) is 2.64. The van der Waals surface area contributed by atoms with Crippen LogP contribution in [0, 0.1) is 0 Å². The van der Waals surface area contributed by atoms with Gasteiger partial charge in [0.25, 0.3) is 5.91 Å². The summed E-state index contributed by atoms with van der Waals surface area (Å²) in [6.07, 6.45) is 5.12. The summed E-state index contributed by atoms with van der Waals surface area (Å²) in [6, 6.07) is 12.4. The number of fused-ring (bicyclic) bond motifs is 1. The zero-order valence-electron chi connectivity index (χ0n) is 11.5. The Morgan fingerprint density at radius 1 is 1.14 bits per heavy atom. The maximum Gasteiger partial charge on any atom is 0.271 e. The van der Waals surface area contributed by atoms with Gasteiger partial charge in [-0.05, 0) is 60.2 Å². The maximum absolute atomic E-state index is 11.8. The number of nitrogens with one attached hydrogen (secondary N) is 1. The first kappa shape index (κ1) is 13.4. The van der Waals surface area contributed by atoms with Crippen molar-refractivity contribution >= 4 is 12.1 Å². The number of hydrazone groups is 1. The van der Waals surface area contributed by atoms with Gasteiger partial charge in [-0.2, -0.15) is 5.10 Å². The molecule has 0 saturated heterocycles. The number of benzene rings is 2. The second-order valence-corrected chi connectivity index (χ2v) is 5.13. The van der Waals surface area contributed by atoms with E-state index in [9.17, 15) is 9.90 Å². The third-order valence-corrected chi connectivity index (χ3v) is 3.61. The third-order valence-electron chi connectivity index (χ3n) is 3.61. The average Bonchev–Trinajstić information content (AvgIpc) is 2.94. The van der Waals surface area contributed by atoms with Gasteiger partial charge in [-0.25, -0.2) is 5.43 Å². The number of hydrogen-bond acceptors (Lipinski definition) is 3. The molecule has 0 bridgehead atoms. The molecule has 0 saturated carbocycles. The molecule has 21 heavy (non-hydrogen) atoms. The molecule has 3 rings (SSSR count). The van der Waals surface area contributed by atoms with Crippen molar-refractivity contribution in [2.75, 3.05) is 0 Å². The summed E-state index contributed by atoms with van der Waals surface area (Å²) in [7, 11) is 0. The van der Waals surface area contributed by atoms with Gasteiger partial charge in [-0.1, -0.05) is 18.2 Å². The van der Waals surface area contributed by atoms with Crippen LogP contribution >= 0.6 is 0 Å². The van der Waals surface area contributed by atoms with Gasteiger partial charge in [-0.15, -0.1) is 0 Å². The van der Waals surface area contributed by atoms with Crippen LogP contribution < -0.4 is 5.43 Å². The van der Waals surface area contributed by atoms with E-state index in [0.717, 1.165) is 18.4 Å². The first-order chi connectivity index (χ1) is 10.2. The molecule has 1 aliphatic carbocycles. The number of carbonyl (C=O) groups is 1. The number of carbonyl (C=O) groups excluding carboxylic acids is 1. The Morgan fingerprint density at radius 2 is 2.00 bits per heavy atom. The molecular formula is C17H16N2O2. The summed E-state index contributed by atoms with van der Waals surface area (Å²) >= 11 is 0. The van der Waals surface area contributed by atoms with Crippen molar-refractivity contribution in [3.05, 3.63) is 64.7 Å². The van der Waals surface area contributed by atoms with Crippen LogP contribution in [0.15, 0.2) is 47.6 Å². The molecule has 0 heterocycles. The molecule has 1 aliphatic rings. The van der Waals surface area contributed by atoms with Crippen LogP contribution in [0.5, 0.6) is 5.75 Å². The number of phenols is 1. The first-order valence-corrected chi connectivity index (χ1v) is 6.96. The lowest BCUT2D eigenvalue weighted by Crippen LogP contribution is -2.17. The SMILES string of the molecule is O=C(NN=Cc1ccc2c(c1)CCC2)c1cccc(O)c1. The number of amides is 1. The van der Waals surface area contributed by atoms with Crippen LogP contribution in [0.4, 0.5) is 0 Å². The van der Waals surface area contributed by atoms with Crippen LogP contribution in [-0.2, 0) is 12.8 Å². The number of nitrogens with zero attached hydrogens (tertiary/aromatic N) is 1. The molecule has 0 aromatic heterocycles. The fourth-order valence-electron chi connectivity index (χ4n) is 2.55. The van der Waals surface area contributed by atoms with Crippen molar-refractivity contribution in [2.45, 2.75) is 19.3 Å². The van der Waals surface area contributed by atoms with E-state index < -0.39 is 0 Å². The second-order valence-electron chi connectivity index (χ2n) is 5.13. The smallest absolute Gasteiger partial charge is 0.271 e. The zero-order valence-corrected chi connectivity index (χ0v) is 11.5. The highest BCUT2D eigenvalue weighted by Gasteiger charge is 2.10. The van der Waals surface area contributed by atoms with E-state index in [4.69, 9.17) is 0 Å². The normalized spacial score (nSPS) is 13.3. The molecule has 0 unspecified atom stereocenters. The van der Waals surface area contributed by atoms with Crippen molar-refractivity contribution in [3.63, 3.8) is 0 Å². The molecule has 2 aromatic carbocycles. The molecule has 0 fully saturated rings. The quantitative estimate of drug-likeness (QED) is 0.670. The summed E-state index contributed by atoms with van der Waals surface area (Å²) in [4.78, 5) is 11.8. The lowest BCUT2D eigenvalue weighted by Gasteiger charge is -2.02. The Morgan fingerprint density at radius 3 is 2.86 bits per heavy atom. The molecule has 1 amide bonds. The van der Waals surface area contributed by atoms with E-state index >= 15 is 0 Å². The minimum absolute atomic E-state index is 0.0604. The molecule has 106 valence electrons. The second kappa shape index (κ2) is 5.79. The van der Waals surface area contributed by atoms with Crippen LogP contribution in [0.2, 0.25) is 0 Å². The molecular weight excluding hydrogens is 264 g/mol.